The Bertz CT molecular complexity index is 1230. The van der Waals surface area contributed by atoms with Crippen LogP contribution in [0.2, 0.25) is 0 Å². The van der Waals surface area contributed by atoms with Gasteiger partial charge in [-0.3, -0.25) is 4.98 Å². The highest BCUT2D eigenvalue weighted by Gasteiger charge is 2.23. The summed E-state index contributed by atoms with van der Waals surface area (Å²) in [4.78, 5) is 4.71. The zero-order valence-electron chi connectivity index (χ0n) is 17.0. The molecule has 2 aromatic carbocycles. The molecule has 0 N–H and O–H groups in total. The molecule has 3 nitrogen and oxygen atoms in total. The number of benzene rings is 2. The second-order valence-electron chi connectivity index (χ2n) is 7.94. The van der Waals surface area contributed by atoms with E-state index in [9.17, 15) is 0 Å². The summed E-state index contributed by atoms with van der Waals surface area (Å²) < 4.78 is 11.9. The third-order valence-corrected chi connectivity index (χ3v) is 6.38. The molecule has 142 valence electrons. The summed E-state index contributed by atoms with van der Waals surface area (Å²) in [6.45, 7) is 6.58. The molecule has 0 atom stereocenters. The fourth-order valence-corrected chi connectivity index (χ4v) is 4.90. The molecule has 0 spiro atoms. The third-order valence-electron chi connectivity index (χ3n) is 6.38. The van der Waals surface area contributed by atoms with Crippen LogP contribution < -0.4 is 4.74 Å². The highest BCUT2D eigenvalue weighted by atomic mass is 16.5. The van der Waals surface area contributed by atoms with Crippen molar-refractivity contribution in [3.8, 4) is 17.0 Å². The minimum Gasteiger partial charge on any atom is -0.497 e. The van der Waals surface area contributed by atoms with E-state index < -0.39 is 0 Å². The smallest absolute Gasteiger partial charge is 0.161 e. The van der Waals surface area contributed by atoms with E-state index in [1.165, 1.54) is 52.3 Å². The van der Waals surface area contributed by atoms with Gasteiger partial charge in [-0.05, 0) is 98.5 Å². The van der Waals surface area contributed by atoms with Crippen molar-refractivity contribution in [1.82, 2.24) is 4.98 Å². The molecular formula is C25H25NO2. The summed E-state index contributed by atoms with van der Waals surface area (Å²) in [5, 5.41) is 2.44. The van der Waals surface area contributed by atoms with Crippen LogP contribution >= 0.6 is 0 Å². The van der Waals surface area contributed by atoms with Crippen molar-refractivity contribution in [2.24, 2.45) is 0 Å². The topological polar surface area (TPSA) is 35.3 Å². The first kappa shape index (κ1) is 17.3. The molecule has 0 aliphatic heterocycles. The van der Waals surface area contributed by atoms with Gasteiger partial charge in [-0.25, -0.2) is 0 Å². The van der Waals surface area contributed by atoms with Gasteiger partial charge in [-0.15, -0.1) is 0 Å². The summed E-state index contributed by atoms with van der Waals surface area (Å²) in [6, 6.07) is 8.22. The maximum atomic E-state index is 6.53. The van der Waals surface area contributed by atoms with Crippen LogP contribution in [-0.4, -0.2) is 12.1 Å². The van der Waals surface area contributed by atoms with Crippen molar-refractivity contribution in [1.29, 1.82) is 0 Å². The van der Waals surface area contributed by atoms with Gasteiger partial charge in [0.25, 0.3) is 0 Å². The van der Waals surface area contributed by atoms with Gasteiger partial charge in [0.2, 0.25) is 0 Å². The maximum absolute atomic E-state index is 6.53. The third kappa shape index (κ3) is 2.39. The number of aromatic nitrogens is 1. The largest absolute Gasteiger partial charge is 0.497 e. The fraction of sp³-hybridized carbons (Fsp3) is 0.320. The molecule has 5 rings (SSSR count). The van der Waals surface area contributed by atoms with Crippen LogP contribution in [0.3, 0.4) is 0 Å². The molecule has 0 bridgehead atoms. The zero-order valence-corrected chi connectivity index (χ0v) is 17.0. The van der Waals surface area contributed by atoms with E-state index >= 15 is 0 Å². The van der Waals surface area contributed by atoms with Crippen LogP contribution in [0.5, 0.6) is 5.75 Å². The molecule has 0 radical (unpaired) electrons. The second-order valence-corrected chi connectivity index (χ2v) is 7.94. The molecule has 1 aliphatic rings. The average molecular weight is 371 g/mol. The van der Waals surface area contributed by atoms with Gasteiger partial charge in [0.05, 0.1) is 7.11 Å². The number of hydrogen-bond donors (Lipinski definition) is 0. The van der Waals surface area contributed by atoms with Crippen molar-refractivity contribution in [3.05, 3.63) is 58.3 Å². The van der Waals surface area contributed by atoms with E-state index in [0.29, 0.717) is 0 Å². The fourth-order valence-electron chi connectivity index (χ4n) is 4.90. The van der Waals surface area contributed by atoms with Gasteiger partial charge in [0, 0.05) is 22.5 Å². The molecule has 2 heterocycles. The lowest BCUT2D eigenvalue weighted by atomic mass is 9.84. The number of nitrogens with zero attached hydrogens (tertiary/aromatic N) is 1. The SMILES string of the molecule is COc1ccc(-c2nccc3c2oc2c(C)c4c(c(C)c23)CCCC4)c(C)c1. The Morgan fingerprint density at radius 2 is 1.68 bits per heavy atom. The first-order chi connectivity index (χ1) is 13.6. The molecule has 0 saturated heterocycles. The highest BCUT2D eigenvalue weighted by Crippen LogP contribution is 2.42. The molecule has 0 saturated carbocycles. The predicted molar refractivity (Wildman–Crippen MR) is 114 cm³/mol. The number of ether oxygens (including phenoxy) is 1. The lowest BCUT2D eigenvalue weighted by molar-refractivity contribution is 0.414. The van der Waals surface area contributed by atoms with Crippen LogP contribution in [0.15, 0.2) is 34.9 Å². The summed E-state index contributed by atoms with van der Waals surface area (Å²) in [6.07, 6.45) is 6.81. The highest BCUT2D eigenvalue weighted by molar-refractivity contribution is 6.11. The van der Waals surface area contributed by atoms with Crippen molar-refractivity contribution < 1.29 is 9.15 Å². The molecule has 28 heavy (non-hydrogen) atoms. The Balaban J connectivity index is 1.85. The summed E-state index contributed by atoms with van der Waals surface area (Å²) in [5.41, 5.74) is 10.8. The molecule has 0 amide bonds. The lowest BCUT2D eigenvalue weighted by Crippen LogP contribution is -2.07. The number of rotatable bonds is 2. The van der Waals surface area contributed by atoms with Crippen molar-refractivity contribution in [3.63, 3.8) is 0 Å². The van der Waals surface area contributed by atoms with E-state index in [1.807, 2.05) is 18.3 Å². The Kier molecular flexibility index (Phi) is 3.94. The number of aryl methyl sites for hydroxylation is 3. The van der Waals surface area contributed by atoms with E-state index in [0.717, 1.165) is 40.2 Å². The first-order valence-electron chi connectivity index (χ1n) is 10.1. The van der Waals surface area contributed by atoms with Crippen LogP contribution in [-0.2, 0) is 12.8 Å². The molecule has 3 heteroatoms. The number of pyridine rings is 1. The quantitative estimate of drug-likeness (QED) is 0.405. The zero-order chi connectivity index (χ0) is 19.4. The Hall–Kier alpha value is -2.81. The van der Waals surface area contributed by atoms with Gasteiger partial charge in [0.15, 0.2) is 5.58 Å². The predicted octanol–water partition coefficient (Wildman–Crippen LogP) is 6.46. The maximum Gasteiger partial charge on any atom is 0.161 e. The number of hydrogen-bond acceptors (Lipinski definition) is 3. The standard InChI is InChI=1S/C25H25NO2/c1-14-13-17(27-4)9-10-18(14)23-25-21(11-12-26-23)22-15(2)19-7-5-6-8-20(19)16(3)24(22)28-25/h9-13H,5-8H2,1-4H3. The Labute approximate surface area is 165 Å². The van der Waals surface area contributed by atoms with Crippen molar-refractivity contribution >= 4 is 21.9 Å². The molecule has 4 aromatic rings. The number of fused-ring (bicyclic) bond motifs is 4. The Morgan fingerprint density at radius 3 is 2.39 bits per heavy atom. The minimum atomic E-state index is 0.859. The number of methoxy groups -OCH3 is 1. The van der Waals surface area contributed by atoms with Crippen LogP contribution in [0, 0.1) is 20.8 Å². The second kappa shape index (κ2) is 6.37. The first-order valence-corrected chi connectivity index (χ1v) is 10.1. The van der Waals surface area contributed by atoms with Crippen LogP contribution in [0.4, 0.5) is 0 Å². The summed E-state index contributed by atoms with van der Waals surface area (Å²) in [7, 11) is 1.69. The monoisotopic (exact) mass is 371 g/mol. The number of furan rings is 1. The van der Waals surface area contributed by atoms with Gasteiger partial charge < -0.3 is 9.15 Å². The summed E-state index contributed by atoms with van der Waals surface area (Å²) in [5.74, 6) is 0.859. The Morgan fingerprint density at radius 1 is 0.929 bits per heavy atom. The molecule has 2 aromatic heterocycles. The molecule has 0 unspecified atom stereocenters. The minimum absolute atomic E-state index is 0.859. The van der Waals surface area contributed by atoms with Gasteiger partial charge in [0.1, 0.15) is 17.0 Å². The van der Waals surface area contributed by atoms with E-state index in [1.54, 1.807) is 7.11 Å². The van der Waals surface area contributed by atoms with Crippen molar-refractivity contribution in [2.75, 3.05) is 7.11 Å². The normalized spacial score (nSPS) is 13.9. The van der Waals surface area contributed by atoms with Crippen LogP contribution in [0.1, 0.15) is 40.7 Å². The average Bonchev–Trinajstić information content (AvgIpc) is 3.12. The van der Waals surface area contributed by atoms with Gasteiger partial charge in [-0.2, -0.15) is 0 Å². The van der Waals surface area contributed by atoms with E-state index in [-0.39, 0.29) is 0 Å². The van der Waals surface area contributed by atoms with E-state index in [2.05, 4.69) is 32.9 Å². The lowest BCUT2D eigenvalue weighted by Gasteiger charge is -2.21. The molecule has 0 fully saturated rings. The van der Waals surface area contributed by atoms with E-state index in [4.69, 9.17) is 14.1 Å². The van der Waals surface area contributed by atoms with Crippen molar-refractivity contribution in [2.45, 2.75) is 46.5 Å². The van der Waals surface area contributed by atoms with Crippen LogP contribution in [0.25, 0.3) is 33.2 Å². The van der Waals surface area contributed by atoms with Gasteiger partial charge in [-0.1, -0.05) is 0 Å². The summed E-state index contributed by atoms with van der Waals surface area (Å²) >= 11 is 0. The molecular weight excluding hydrogens is 346 g/mol. The van der Waals surface area contributed by atoms with Gasteiger partial charge >= 0.3 is 0 Å². The molecule has 1 aliphatic carbocycles.